The molecule has 1 aliphatic rings. The van der Waals surface area contributed by atoms with Crippen LogP contribution in [0.15, 0.2) is 47.1 Å². The van der Waals surface area contributed by atoms with Crippen LogP contribution in [-0.4, -0.2) is 48.2 Å². The number of amides is 1. The number of likely N-dealkylation sites (tertiary alicyclic amines) is 1. The summed E-state index contributed by atoms with van der Waals surface area (Å²) in [6.45, 7) is 3.77. The molecule has 0 N–H and O–H groups in total. The number of hydrogen-bond donors (Lipinski definition) is 0. The van der Waals surface area contributed by atoms with Crippen LogP contribution in [0.3, 0.4) is 0 Å². The molecule has 0 spiro atoms. The first-order valence-corrected chi connectivity index (χ1v) is 9.35. The monoisotopic (exact) mass is 420 g/mol. The number of halogens is 1. The molecule has 2 heterocycles. The van der Waals surface area contributed by atoms with Gasteiger partial charge in [-0.15, -0.1) is 0 Å². The summed E-state index contributed by atoms with van der Waals surface area (Å²) in [4.78, 5) is 18.3. The highest BCUT2D eigenvalue weighted by Gasteiger charge is 2.28. The number of ether oxygens (including phenoxy) is 3. The van der Waals surface area contributed by atoms with Crippen LogP contribution >= 0.6 is 15.9 Å². The lowest BCUT2D eigenvalue weighted by Crippen LogP contribution is -2.34. The van der Waals surface area contributed by atoms with Crippen molar-refractivity contribution in [3.8, 4) is 17.4 Å². The molecular formula is C19H21BrN2O4. The molecule has 1 atom stereocenters. The zero-order valence-electron chi connectivity index (χ0n) is 14.6. The maximum absolute atomic E-state index is 12.3. The molecule has 138 valence electrons. The van der Waals surface area contributed by atoms with Crippen LogP contribution in [0.1, 0.15) is 13.3 Å². The summed E-state index contributed by atoms with van der Waals surface area (Å²) < 4.78 is 17.7. The van der Waals surface area contributed by atoms with Gasteiger partial charge in [0.2, 0.25) is 5.88 Å². The Morgan fingerprint density at radius 2 is 1.92 bits per heavy atom. The van der Waals surface area contributed by atoms with Gasteiger partial charge in [-0.05, 0) is 53.2 Å². The Bertz CT molecular complexity index is 721. The number of aromatic nitrogens is 1. The predicted molar refractivity (Wildman–Crippen MR) is 101 cm³/mol. The molecule has 3 rings (SSSR count). The quantitative estimate of drug-likeness (QED) is 0.687. The van der Waals surface area contributed by atoms with E-state index in [0.29, 0.717) is 31.3 Å². The number of rotatable bonds is 7. The van der Waals surface area contributed by atoms with Crippen molar-refractivity contribution in [3.05, 3.63) is 47.1 Å². The van der Waals surface area contributed by atoms with E-state index in [9.17, 15) is 4.79 Å². The fourth-order valence-corrected chi connectivity index (χ4v) is 2.92. The van der Waals surface area contributed by atoms with Gasteiger partial charge < -0.3 is 19.1 Å². The van der Waals surface area contributed by atoms with E-state index in [4.69, 9.17) is 14.2 Å². The minimum absolute atomic E-state index is 0.0111. The largest absolute Gasteiger partial charge is 0.494 e. The lowest BCUT2D eigenvalue weighted by Gasteiger charge is -2.17. The summed E-state index contributed by atoms with van der Waals surface area (Å²) in [6, 6.07) is 10.9. The molecule has 1 aromatic heterocycles. The zero-order chi connectivity index (χ0) is 18.4. The third-order valence-corrected chi connectivity index (χ3v) is 4.45. The van der Waals surface area contributed by atoms with E-state index in [0.717, 1.165) is 16.6 Å². The molecule has 1 unspecified atom stereocenters. The van der Waals surface area contributed by atoms with Crippen LogP contribution in [0.2, 0.25) is 0 Å². The van der Waals surface area contributed by atoms with Crippen molar-refractivity contribution in [2.75, 3.05) is 26.3 Å². The van der Waals surface area contributed by atoms with Crippen molar-refractivity contribution in [2.45, 2.75) is 19.4 Å². The maximum atomic E-state index is 12.3. The van der Waals surface area contributed by atoms with Crippen LogP contribution in [0.25, 0.3) is 0 Å². The minimum Gasteiger partial charge on any atom is -0.494 e. The van der Waals surface area contributed by atoms with Crippen molar-refractivity contribution in [3.63, 3.8) is 0 Å². The Morgan fingerprint density at radius 3 is 2.58 bits per heavy atom. The van der Waals surface area contributed by atoms with Gasteiger partial charge >= 0.3 is 0 Å². The van der Waals surface area contributed by atoms with E-state index in [1.54, 1.807) is 23.2 Å². The molecule has 1 aromatic carbocycles. The highest BCUT2D eigenvalue weighted by atomic mass is 79.9. The molecule has 1 fully saturated rings. The molecule has 0 radical (unpaired) electrons. The van der Waals surface area contributed by atoms with E-state index in [-0.39, 0.29) is 18.6 Å². The molecule has 0 saturated carbocycles. The van der Waals surface area contributed by atoms with E-state index in [2.05, 4.69) is 20.9 Å². The van der Waals surface area contributed by atoms with Crippen molar-refractivity contribution >= 4 is 21.8 Å². The molecular weight excluding hydrogens is 400 g/mol. The van der Waals surface area contributed by atoms with Crippen molar-refractivity contribution in [2.24, 2.45) is 0 Å². The molecule has 0 aliphatic carbocycles. The van der Waals surface area contributed by atoms with Crippen molar-refractivity contribution < 1.29 is 19.0 Å². The SMILES string of the molecule is CCOc1ccc(OCC(=O)N2CCC(Oc3ccc(Br)cn3)C2)cc1. The van der Waals surface area contributed by atoms with Crippen LogP contribution in [-0.2, 0) is 4.79 Å². The van der Waals surface area contributed by atoms with E-state index in [1.165, 1.54) is 0 Å². The Labute approximate surface area is 161 Å². The number of carbonyl (C=O) groups is 1. The maximum Gasteiger partial charge on any atom is 0.260 e. The summed E-state index contributed by atoms with van der Waals surface area (Å²) >= 11 is 3.34. The zero-order valence-corrected chi connectivity index (χ0v) is 16.1. The average Bonchev–Trinajstić information content (AvgIpc) is 3.12. The van der Waals surface area contributed by atoms with Gasteiger partial charge in [-0.2, -0.15) is 0 Å². The number of carbonyl (C=O) groups excluding carboxylic acids is 1. The summed E-state index contributed by atoms with van der Waals surface area (Å²) in [6.07, 6.45) is 2.43. The summed E-state index contributed by atoms with van der Waals surface area (Å²) in [5.74, 6) is 1.95. The minimum atomic E-state index is -0.0475. The first kappa shape index (κ1) is 18.5. The van der Waals surface area contributed by atoms with Gasteiger partial charge in [0.25, 0.3) is 5.91 Å². The summed E-state index contributed by atoms with van der Waals surface area (Å²) in [7, 11) is 0. The third-order valence-electron chi connectivity index (χ3n) is 3.98. The molecule has 26 heavy (non-hydrogen) atoms. The Balaban J connectivity index is 1.44. The normalized spacial score (nSPS) is 16.4. The van der Waals surface area contributed by atoms with E-state index >= 15 is 0 Å². The van der Waals surface area contributed by atoms with Crippen LogP contribution in [0, 0.1) is 0 Å². The van der Waals surface area contributed by atoms with Gasteiger partial charge in [0.15, 0.2) is 6.61 Å². The van der Waals surface area contributed by atoms with Crippen LogP contribution in [0.5, 0.6) is 17.4 Å². The predicted octanol–water partition coefficient (Wildman–Crippen LogP) is 3.30. The molecule has 2 aromatic rings. The van der Waals surface area contributed by atoms with Gasteiger partial charge in [0.1, 0.15) is 17.6 Å². The molecule has 1 amide bonds. The number of hydrogen-bond acceptors (Lipinski definition) is 5. The van der Waals surface area contributed by atoms with Gasteiger partial charge in [0.05, 0.1) is 13.2 Å². The fraction of sp³-hybridized carbons (Fsp3) is 0.368. The van der Waals surface area contributed by atoms with Crippen molar-refractivity contribution in [1.29, 1.82) is 0 Å². The fourth-order valence-electron chi connectivity index (χ4n) is 2.69. The van der Waals surface area contributed by atoms with Gasteiger partial charge in [0, 0.05) is 29.7 Å². The smallest absolute Gasteiger partial charge is 0.260 e. The Morgan fingerprint density at radius 1 is 1.19 bits per heavy atom. The number of nitrogens with zero attached hydrogens (tertiary/aromatic N) is 2. The number of benzene rings is 1. The molecule has 6 nitrogen and oxygen atoms in total. The van der Waals surface area contributed by atoms with E-state index < -0.39 is 0 Å². The lowest BCUT2D eigenvalue weighted by molar-refractivity contribution is -0.132. The highest BCUT2D eigenvalue weighted by Crippen LogP contribution is 2.20. The molecule has 7 heteroatoms. The molecule has 1 saturated heterocycles. The highest BCUT2D eigenvalue weighted by molar-refractivity contribution is 9.10. The van der Waals surface area contributed by atoms with Gasteiger partial charge in [-0.25, -0.2) is 4.98 Å². The first-order valence-electron chi connectivity index (χ1n) is 8.55. The second-order valence-electron chi connectivity index (χ2n) is 5.88. The van der Waals surface area contributed by atoms with Crippen LogP contribution < -0.4 is 14.2 Å². The molecule has 1 aliphatic heterocycles. The van der Waals surface area contributed by atoms with Gasteiger partial charge in [-0.3, -0.25) is 4.79 Å². The second kappa shape index (κ2) is 8.89. The lowest BCUT2D eigenvalue weighted by atomic mass is 10.3. The Hall–Kier alpha value is -2.28. The molecule has 0 bridgehead atoms. The summed E-state index contributed by atoms with van der Waals surface area (Å²) in [5, 5.41) is 0. The Kier molecular flexibility index (Phi) is 6.33. The second-order valence-corrected chi connectivity index (χ2v) is 6.79. The summed E-state index contributed by atoms with van der Waals surface area (Å²) in [5.41, 5.74) is 0. The standard InChI is InChI=1S/C19H21BrN2O4/c1-2-24-15-4-6-16(7-5-15)25-13-19(23)22-10-9-17(12-22)26-18-8-3-14(20)11-21-18/h3-8,11,17H,2,9-10,12-13H2,1H3. The van der Waals surface area contributed by atoms with Crippen molar-refractivity contribution in [1.82, 2.24) is 9.88 Å². The topological polar surface area (TPSA) is 60.9 Å². The average molecular weight is 421 g/mol. The van der Waals surface area contributed by atoms with Gasteiger partial charge in [-0.1, -0.05) is 0 Å². The van der Waals surface area contributed by atoms with Crippen LogP contribution in [0.4, 0.5) is 0 Å². The number of pyridine rings is 1. The third kappa shape index (κ3) is 5.11. The first-order chi connectivity index (χ1) is 12.6. The van der Waals surface area contributed by atoms with E-state index in [1.807, 2.05) is 31.2 Å².